The molecule has 34 heavy (non-hydrogen) atoms. The molecule has 0 unspecified atom stereocenters. The maximum atomic E-state index is 11.9. The molecule has 3 N–H and O–H groups in total. The Hall–Kier alpha value is -3.12. The molecule has 0 atom stereocenters. The third-order valence-electron chi connectivity index (χ3n) is 5.03. The molecule has 13 heteroatoms. The fourth-order valence-corrected chi connectivity index (χ4v) is 3.37. The minimum atomic E-state index is -0.477. The van der Waals surface area contributed by atoms with Crippen LogP contribution in [0.2, 0.25) is 0 Å². The van der Waals surface area contributed by atoms with Crippen LogP contribution >= 0.6 is 12.4 Å². The molecule has 4 rings (SSSR count). The fraction of sp³-hybridized carbons (Fsp3) is 0.571. The average Bonchev–Trinajstić information content (AvgIpc) is 2.80. The van der Waals surface area contributed by atoms with Crippen LogP contribution in [0.4, 0.5) is 16.4 Å². The van der Waals surface area contributed by atoms with Crippen molar-refractivity contribution in [1.29, 1.82) is 0 Å². The van der Waals surface area contributed by atoms with Crippen molar-refractivity contribution in [2.45, 2.75) is 26.4 Å². The van der Waals surface area contributed by atoms with Gasteiger partial charge in [0.15, 0.2) is 0 Å². The third kappa shape index (κ3) is 8.34. The first-order valence-electron chi connectivity index (χ1n) is 11.0. The molecule has 2 aliphatic heterocycles. The number of halogens is 1. The van der Waals surface area contributed by atoms with E-state index in [0.29, 0.717) is 32.0 Å². The predicted octanol–water partition coefficient (Wildman–Crippen LogP) is 0.428. The van der Waals surface area contributed by atoms with E-state index < -0.39 is 5.60 Å². The van der Waals surface area contributed by atoms with Gasteiger partial charge in [-0.3, -0.25) is 9.59 Å². The van der Waals surface area contributed by atoms with Crippen LogP contribution in [0.5, 0.6) is 0 Å². The molecule has 188 valence electrons. The number of piperazine rings is 2. The third-order valence-corrected chi connectivity index (χ3v) is 5.03. The molecule has 2 aromatic rings. The minimum absolute atomic E-state index is 0. The summed E-state index contributed by atoms with van der Waals surface area (Å²) in [4.78, 5) is 39.5. The van der Waals surface area contributed by atoms with Gasteiger partial charge in [-0.1, -0.05) is 0 Å². The molecular weight excluding hydrogens is 464 g/mol. The molecule has 0 saturated carbocycles. The number of amides is 1. The Morgan fingerprint density at radius 3 is 1.71 bits per heavy atom. The summed E-state index contributed by atoms with van der Waals surface area (Å²) in [6, 6.07) is 6.39. The van der Waals surface area contributed by atoms with Crippen molar-refractivity contribution in [3.05, 3.63) is 45.0 Å². The normalized spacial score (nSPS) is 16.1. The van der Waals surface area contributed by atoms with Gasteiger partial charge in [-0.15, -0.1) is 12.4 Å². The monoisotopic (exact) mass is 496 g/mol. The van der Waals surface area contributed by atoms with E-state index in [1.54, 1.807) is 17.0 Å². The van der Waals surface area contributed by atoms with Gasteiger partial charge in [0, 0.05) is 64.5 Å². The van der Waals surface area contributed by atoms with E-state index in [4.69, 9.17) is 4.74 Å². The Balaban J connectivity index is 0.000000253. The fourth-order valence-electron chi connectivity index (χ4n) is 3.37. The maximum Gasteiger partial charge on any atom is 0.410 e. The van der Waals surface area contributed by atoms with Crippen LogP contribution in [0.1, 0.15) is 20.8 Å². The molecule has 0 radical (unpaired) electrons. The zero-order chi connectivity index (χ0) is 23.8. The summed E-state index contributed by atoms with van der Waals surface area (Å²) in [6.07, 6.45) is -0.286. The lowest BCUT2D eigenvalue weighted by molar-refractivity contribution is 0.0240. The number of hydrogen-bond acceptors (Lipinski definition) is 9. The highest BCUT2D eigenvalue weighted by Gasteiger charge is 2.26. The molecule has 2 aromatic heterocycles. The van der Waals surface area contributed by atoms with Gasteiger partial charge in [0.2, 0.25) is 0 Å². The summed E-state index contributed by atoms with van der Waals surface area (Å²) < 4.78 is 5.34. The van der Waals surface area contributed by atoms with Crippen molar-refractivity contribution in [2.75, 3.05) is 62.2 Å². The number of H-pyrrole nitrogens is 2. The molecule has 0 aromatic carbocycles. The average molecular weight is 497 g/mol. The van der Waals surface area contributed by atoms with E-state index in [0.717, 1.165) is 32.0 Å². The summed E-state index contributed by atoms with van der Waals surface area (Å²) in [5, 5.41) is 16.0. The Morgan fingerprint density at radius 2 is 1.29 bits per heavy atom. The quantitative estimate of drug-likeness (QED) is 0.539. The summed E-state index contributed by atoms with van der Waals surface area (Å²) in [6.45, 7) is 11.9. The van der Waals surface area contributed by atoms with Crippen LogP contribution in [-0.2, 0) is 4.74 Å². The van der Waals surface area contributed by atoms with E-state index in [2.05, 4.69) is 30.6 Å². The van der Waals surface area contributed by atoms with Crippen molar-refractivity contribution in [2.24, 2.45) is 0 Å². The van der Waals surface area contributed by atoms with Crippen molar-refractivity contribution in [1.82, 2.24) is 30.6 Å². The number of nitrogens with zero attached hydrogens (tertiary/aromatic N) is 5. The van der Waals surface area contributed by atoms with E-state index in [9.17, 15) is 14.4 Å². The van der Waals surface area contributed by atoms with E-state index in [-0.39, 0.29) is 29.6 Å². The first kappa shape index (κ1) is 27.1. The highest BCUT2D eigenvalue weighted by atomic mass is 35.5. The van der Waals surface area contributed by atoms with Gasteiger partial charge in [-0.05, 0) is 32.9 Å². The number of carbonyl (C=O) groups excluding carboxylic acids is 1. The van der Waals surface area contributed by atoms with E-state index in [1.807, 2.05) is 25.7 Å². The van der Waals surface area contributed by atoms with E-state index >= 15 is 0 Å². The first-order chi connectivity index (χ1) is 15.7. The summed E-state index contributed by atoms with van der Waals surface area (Å²) in [5.74, 6) is 1.56. The molecule has 4 heterocycles. The molecule has 1 amide bonds. The van der Waals surface area contributed by atoms with Gasteiger partial charge >= 0.3 is 6.09 Å². The number of aromatic nitrogens is 4. The largest absolute Gasteiger partial charge is 0.444 e. The lowest BCUT2D eigenvalue weighted by Crippen LogP contribution is -2.50. The first-order valence-corrected chi connectivity index (χ1v) is 11.0. The summed E-state index contributed by atoms with van der Waals surface area (Å²) in [7, 11) is 0. The number of carbonyl (C=O) groups is 1. The molecular formula is C21H33ClN8O4. The number of rotatable bonds is 2. The van der Waals surface area contributed by atoms with Crippen molar-refractivity contribution >= 4 is 30.1 Å². The number of aromatic amines is 2. The van der Waals surface area contributed by atoms with Gasteiger partial charge in [0.05, 0.1) is 0 Å². The van der Waals surface area contributed by atoms with Crippen molar-refractivity contribution in [3.8, 4) is 0 Å². The summed E-state index contributed by atoms with van der Waals surface area (Å²) >= 11 is 0. The Bertz CT molecular complexity index is 983. The maximum absolute atomic E-state index is 11.9. The molecule has 0 aliphatic carbocycles. The lowest BCUT2D eigenvalue weighted by atomic mass is 10.2. The Morgan fingerprint density at radius 1 is 0.824 bits per heavy atom. The Labute approximate surface area is 204 Å². The number of ether oxygens (including phenoxy) is 1. The predicted molar refractivity (Wildman–Crippen MR) is 132 cm³/mol. The zero-order valence-corrected chi connectivity index (χ0v) is 20.6. The van der Waals surface area contributed by atoms with Crippen LogP contribution in [0.15, 0.2) is 33.9 Å². The molecule has 0 bridgehead atoms. The van der Waals surface area contributed by atoms with Gasteiger partial charge in [-0.2, -0.15) is 10.2 Å². The zero-order valence-electron chi connectivity index (χ0n) is 19.7. The Kier molecular flexibility index (Phi) is 9.87. The second-order valence-corrected chi connectivity index (χ2v) is 8.75. The molecule has 12 nitrogen and oxygen atoms in total. The highest BCUT2D eigenvalue weighted by Crippen LogP contribution is 2.14. The standard InChI is InChI=1S/C13H20N4O3.C8H12N4O.ClH/c1-13(2,3)20-12(19)17-8-6-16(7-9-17)10-4-5-11(18)15-14-10;13-8-2-1-7(10-11-8)12-5-3-9-4-6-12;/h4-5H,6-9H2,1-3H3,(H,15,18);1-2,9H,3-6H2,(H,11,13);1H. The SMILES string of the molecule is CC(C)(C)OC(=O)N1CCN(c2ccc(=O)[nH]n2)CC1.Cl.O=c1ccc(N2CCNCC2)n[nH]1. The molecule has 2 aliphatic rings. The summed E-state index contributed by atoms with van der Waals surface area (Å²) in [5.41, 5.74) is -0.852. The topological polar surface area (TPSA) is 140 Å². The number of anilines is 2. The molecule has 2 fully saturated rings. The van der Waals surface area contributed by atoms with Gasteiger partial charge in [-0.25, -0.2) is 15.0 Å². The van der Waals surface area contributed by atoms with Gasteiger partial charge in [0.25, 0.3) is 11.1 Å². The minimum Gasteiger partial charge on any atom is -0.444 e. The van der Waals surface area contributed by atoms with Crippen LogP contribution in [0.25, 0.3) is 0 Å². The van der Waals surface area contributed by atoms with E-state index in [1.165, 1.54) is 12.1 Å². The number of hydrogen-bond donors (Lipinski definition) is 3. The van der Waals surface area contributed by atoms with Crippen LogP contribution < -0.4 is 26.2 Å². The molecule has 0 spiro atoms. The lowest BCUT2D eigenvalue weighted by Gasteiger charge is -2.35. The van der Waals surface area contributed by atoms with Crippen LogP contribution in [-0.4, -0.2) is 89.3 Å². The van der Waals surface area contributed by atoms with Crippen molar-refractivity contribution in [3.63, 3.8) is 0 Å². The van der Waals surface area contributed by atoms with Crippen LogP contribution in [0.3, 0.4) is 0 Å². The van der Waals surface area contributed by atoms with Gasteiger partial charge in [0.1, 0.15) is 17.2 Å². The smallest absolute Gasteiger partial charge is 0.410 e. The highest BCUT2D eigenvalue weighted by molar-refractivity contribution is 5.85. The second kappa shape index (κ2) is 12.4. The molecule has 2 saturated heterocycles. The second-order valence-electron chi connectivity index (χ2n) is 8.75. The van der Waals surface area contributed by atoms with Gasteiger partial charge < -0.3 is 24.8 Å². The van der Waals surface area contributed by atoms with Crippen molar-refractivity contribution < 1.29 is 9.53 Å². The van der Waals surface area contributed by atoms with Crippen LogP contribution in [0, 0.1) is 0 Å². The number of nitrogens with one attached hydrogen (secondary N) is 3.